The minimum absolute atomic E-state index is 0.194. The molecule has 0 aromatic carbocycles. The van der Waals surface area contributed by atoms with E-state index in [1.807, 2.05) is 11.9 Å². The zero-order valence-corrected chi connectivity index (χ0v) is 13.1. The fourth-order valence-electron chi connectivity index (χ4n) is 1.71. The number of nitrogens with zero attached hydrogens (tertiary/aromatic N) is 3. The topological polar surface area (TPSA) is 73.7 Å². The largest absolute Gasteiger partial charge is 0.396 e. The summed E-state index contributed by atoms with van der Waals surface area (Å²) in [6.45, 7) is 1.05. The summed E-state index contributed by atoms with van der Waals surface area (Å²) in [6.07, 6.45) is 4.13. The second kappa shape index (κ2) is 7.56. The average molecular weight is 301 g/mol. The van der Waals surface area contributed by atoms with E-state index in [-0.39, 0.29) is 11.5 Å². The monoisotopic (exact) mass is 301 g/mol. The number of aliphatic hydroxyl groups is 1. The van der Waals surface area contributed by atoms with Crippen molar-refractivity contribution in [2.45, 2.75) is 24.2 Å². The molecule has 0 fully saturated rings. The average Bonchev–Trinajstić information content (AvgIpc) is 2.43. The second-order valence-electron chi connectivity index (χ2n) is 4.85. The first kappa shape index (κ1) is 16.9. The summed E-state index contributed by atoms with van der Waals surface area (Å²) >= 11 is 0. The van der Waals surface area contributed by atoms with E-state index in [9.17, 15) is 8.42 Å². The Balaban J connectivity index is 2.67. The van der Waals surface area contributed by atoms with Gasteiger partial charge in [0.2, 0.25) is 10.0 Å². The van der Waals surface area contributed by atoms with Crippen LogP contribution in [0.3, 0.4) is 0 Å². The first-order valence-electron chi connectivity index (χ1n) is 6.60. The van der Waals surface area contributed by atoms with Crippen molar-refractivity contribution in [2.24, 2.45) is 0 Å². The van der Waals surface area contributed by atoms with Crippen LogP contribution in [0.4, 0.5) is 5.82 Å². The van der Waals surface area contributed by atoms with Gasteiger partial charge in [0.05, 0.1) is 0 Å². The quantitative estimate of drug-likeness (QED) is 0.723. The van der Waals surface area contributed by atoms with Crippen LogP contribution in [0.25, 0.3) is 0 Å². The van der Waals surface area contributed by atoms with Gasteiger partial charge in [0.15, 0.2) is 0 Å². The number of unbranched alkanes of at least 4 members (excludes halogenated alkanes) is 2. The summed E-state index contributed by atoms with van der Waals surface area (Å²) < 4.78 is 25.0. The molecule has 1 heterocycles. The number of rotatable bonds is 8. The lowest BCUT2D eigenvalue weighted by Gasteiger charge is -2.18. The maximum atomic E-state index is 11.9. The Morgan fingerprint density at radius 3 is 2.35 bits per heavy atom. The van der Waals surface area contributed by atoms with Crippen molar-refractivity contribution >= 4 is 15.8 Å². The molecule has 0 saturated carbocycles. The van der Waals surface area contributed by atoms with Crippen molar-refractivity contribution < 1.29 is 13.5 Å². The summed E-state index contributed by atoms with van der Waals surface area (Å²) in [5, 5.41) is 8.71. The third-order valence-corrected chi connectivity index (χ3v) is 4.84. The first-order valence-corrected chi connectivity index (χ1v) is 8.04. The van der Waals surface area contributed by atoms with E-state index in [0.717, 1.165) is 31.6 Å². The smallest absolute Gasteiger partial charge is 0.244 e. The lowest BCUT2D eigenvalue weighted by molar-refractivity contribution is 0.283. The minimum Gasteiger partial charge on any atom is -0.396 e. The van der Waals surface area contributed by atoms with Gasteiger partial charge < -0.3 is 10.0 Å². The number of aliphatic hydroxyl groups excluding tert-OH is 1. The molecule has 114 valence electrons. The molecule has 1 aromatic heterocycles. The number of sulfonamides is 1. The molecule has 0 amide bonds. The number of pyridine rings is 1. The van der Waals surface area contributed by atoms with Gasteiger partial charge in [0.25, 0.3) is 0 Å². The first-order chi connectivity index (χ1) is 9.39. The van der Waals surface area contributed by atoms with Crippen molar-refractivity contribution in [3.63, 3.8) is 0 Å². The summed E-state index contributed by atoms with van der Waals surface area (Å²) in [7, 11) is 1.49. The molecule has 0 radical (unpaired) electrons. The van der Waals surface area contributed by atoms with Crippen molar-refractivity contribution in [3.05, 3.63) is 18.3 Å². The Labute approximate surface area is 121 Å². The number of hydrogen-bond acceptors (Lipinski definition) is 5. The van der Waals surface area contributed by atoms with Crippen LogP contribution in [-0.2, 0) is 10.0 Å². The summed E-state index contributed by atoms with van der Waals surface area (Å²) in [5.41, 5.74) is 0. The van der Waals surface area contributed by atoms with Crippen molar-refractivity contribution in [1.82, 2.24) is 9.29 Å². The van der Waals surface area contributed by atoms with Crippen LogP contribution in [0.5, 0.6) is 0 Å². The maximum Gasteiger partial charge on any atom is 0.244 e. The summed E-state index contributed by atoms with van der Waals surface area (Å²) in [6, 6.07) is 3.28. The SMILES string of the molecule is CN(CCCCCO)c1ccc(S(=O)(=O)N(C)C)cn1. The third-order valence-electron chi connectivity index (χ3n) is 3.04. The fourth-order valence-corrected chi connectivity index (χ4v) is 2.56. The van der Waals surface area contributed by atoms with E-state index in [1.54, 1.807) is 12.1 Å². The molecule has 0 aliphatic rings. The number of hydrogen-bond donors (Lipinski definition) is 1. The molecule has 7 heteroatoms. The molecular formula is C13H23N3O3S. The van der Waals surface area contributed by atoms with Crippen LogP contribution < -0.4 is 4.90 Å². The van der Waals surface area contributed by atoms with Gasteiger partial charge in [-0.15, -0.1) is 0 Å². The molecule has 20 heavy (non-hydrogen) atoms. The maximum absolute atomic E-state index is 11.9. The molecular weight excluding hydrogens is 278 g/mol. The molecule has 1 rings (SSSR count). The zero-order valence-electron chi connectivity index (χ0n) is 12.3. The van der Waals surface area contributed by atoms with Crippen molar-refractivity contribution in [3.8, 4) is 0 Å². The minimum atomic E-state index is -3.42. The van der Waals surface area contributed by atoms with Crippen LogP contribution in [0.2, 0.25) is 0 Å². The predicted molar refractivity (Wildman–Crippen MR) is 79.3 cm³/mol. The fraction of sp³-hybridized carbons (Fsp3) is 0.615. The highest BCUT2D eigenvalue weighted by molar-refractivity contribution is 7.89. The van der Waals surface area contributed by atoms with Gasteiger partial charge in [-0.25, -0.2) is 17.7 Å². The van der Waals surface area contributed by atoms with Crippen LogP contribution in [0.15, 0.2) is 23.2 Å². The zero-order chi connectivity index (χ0) is 15.2. The Morgan fingerprint density at radius 1 is 1.15 bits per heavy atom. The highest BCUT2D eigenvalue weighted by atomic mass is 32.2. The molecule has 0 atom stereocenters. The Bertz CT molecular complexity index is 500. The van der Waals surface area contributed by atoms with Gasteiger partial charge in [-0.05, 0) is 31.4 Å². The third kappa shape index (κ3) is 4.43. The molecule has 0 bridgehead atoms. The predicted octanol–water partition coefficient (Wildman–Crippen LogP) is 0.931. The molecule has 0 aliphatic heterocycles. The number of aromatic nitrogens is 1. The molecule has 1 aromatic rings. The van der Waals surface area contributed by atoms with Gasteiger partial charge in [-0.2, -0.15) is 0 Å². The number of anilines is 1. The second-order valence-corrected chi connectivity index (χ2v) is 7.00. The molecule has 6 nitrogen and oxygen atoms in total. The highest BCUT2D eigenvalue weighted by Crippen LogP contribution is 2.16. The van der Waals surface area contributed by atoms with E-state index in [1.165, 1.54) is 24.6 Å². The van der Waals surface area contributed by atoms with Gasteiger partial charge in [-0.3, -0.25) is 0 Å². The molecule has 0 aliphatic carbocycles. The van der Waals surface area contributed by atoms with Crippen LogP contribution in [0, 0.1) is 0 Å². The molecule has 0 unspecified atom stereocenters. The Kier molecular flexibility index (Phi) is 6.38. The summed E-state index contributed by atoms with van der Waals surface area (Å²) in [4.78, 5) is 6.37. The van der Waals surface area contributed by atoms with E-state index in [0.29, 0.717) is 0 Å². The highest BCUT2D eigenvalue weighted by Gasteiger charge is 2.17. The molecule has 0 saturated heterocycles. The molecule has 0 spiro atoms. The Morgan fingerprint density at radius 2 is 1.85 bits per heavy atom. The van der Waals surface area contributed by atoms with E-state index < -0.39 is 10.0 Å². The van der Waals surface area contributed by atoms with Crippen molar-refractivity contribution in [1.29, 1.82) is 0 Å². The van der Waals surface area contributed by atoms with E-state index >= 15 is 0 Å². The lowest BCUT2D eigenvalue weighted by Crippen LogP contribution is -2.23. The van der Waals surface area contributed by atoms with Crippen LogP contribution in [-0.4, -0.2) is 57.1 Å². The van der Waals surface area contributed by atoms with Gasteiger partial charge in [0.1, 0.15) is 10.7 Å². The normalized spacial score (nSPS) is 11.8. The van der Waals surface area contributed by atoms with Crippen LogP contribution >= 0.6 is 0 Å². The van der Waals surface area contributed by atoms with Gasteiger partial charge in [-0.1, -0.05) is 0 Å². The lowest BCUT2D eigenvalue weighted by atomic mass is 10.2. The molecule has 1 N–H and O–H groups in total. The van der Waals surface area contributed by atoms with Gasteiger partial charge >= 0.3 is 0 Å². The van der Waals surface area contributed by atoms with Crippen molar-refractivity contribution in [2.75, 3.05) is 39.2 Å². The van der Waals surface area contributed by atoms with Gasteiger partial charge in [0, 0.05) is 40.5 Å². The Hall–Kier alpha value is -1.18. The standard InChI is InChI=1S/C13H23N3O3S/c1-15(2)20(18,19)12-7-8-13(14-11-12)16(3)9-5-4-6-10-17/h7-8,11,17H,4-6,9-10H2,1-3H3. The van der Waals surface area contributed by atoms with E-state index in [4.69, 9.17) is 5.11 Å². The summed E-state index contributed by atoms with van der Waals surface area (Å²) in [5.74, 6) is 0.742. The van der Waals surface area contributed by atoms with E-state index in [2.05, 4.69) is 4.98 Å². The van der Waals surface area contributed by atoms with Crippen LogP contribution in [0.1, 0.15) is 19.3 Å².